The molecule has 1 aromatic carbocycles. The minimum absolute atomic E-state index is 0. The standard InChI is InChI=1S/C18H21ClFN5.HI/c1-21-18(23-11-13-5-2-3-6-15(13)19)24-14-8-10-25(12-14)17-16(20)7-4-9-22-17;/h2-7,9,14H,8,10-12H2,1H3,(H2,21,23,24);1H. The molecule has 0 spiro atoms. The van der Waals surface area contributed by atoms with Gasteiger partial charge in [-0.3, -0.25) is 4.99 Å². The van der Waals surface area contributed by atoms with Crippen molar-refractivity contribution in [1.82, 2.24) is 15.6 Å². The van der Waals surface area contributed by atoms with Crippen LogP contribution in [-0.2, 0) is 6.54 Å². The number of aromatic nitrogens is 1. The van der Waals surface area contributed by atoms with E-state index in [4.69, 9.17) is 11.6 Å². The van der Waals surface area contributed by atoms with Crippen LogP contribution in [-0.4, -0.2) is 37.1 Å². The molecule has 140 valence electrons. The van der Waals surface area contributed by atoms with Crippen LogP contribution in [0, 0.1) is 5.82 Å². The molecule has 0 bridgehead atoms. The highest BCUT2D eigenvalue weighted by Gasteiger charge is 2.25. The lowest BCUT2D eigenvalue weighted by atomic mass is 10.2. The van der Waals surface area contributed by atoms with Gasteiger partial charge in [0.05, 0.1) is 0 Å². The molecule has 8 heteroatoms. The van der Waals surface area contributed by atoms with Crippen LogP contribution in [0.25, 0.3) is 0 Å². The normalized spacial score (nSPS) is 17.0. The van der Waals surface area contributed by atoms with Gasteiger partial charge in [-0.1, -0.05) is 29.8 Å². The molecule has 1 aliphatic rings. The Morgan fingerprint density at radius 1 is 1.35 bits per heavy atom. The summed E-state index contributed by atoms with van der Waals surface area (Å²) in [5.74, 6) is 0.823. The van der Waals surface area contributed by atoms with Crippen LogP contribution in [0.2, 0.25) is 5.02 Å². The van der Waals surface area contributed by atoms with E-state index < -0.39 is 0 Å². The van der Waals surface area contributed by atoms with Gasteiger partial charge in [-0.15, -0.1) is 24.0 Å². The summed E-state index contributed by atoms with van der Waals surface area (Å²) in [7, 11) is 1.73. The lowest BCUT2D eigenvalue weighted by Crippen LogP contribution is -2.44. The zero-order chi connectivity index (χ0) is 17.6. The van der Waals surface area contributed by atoms with Gasteiger partial charge in [0.1, 0.15) is 0 Å². The van der Waals surface area contributed by atoms with Gasteiger partial charge in [0.15, 0.2) is 17.6 Å². The molecule has 2 heterocycles. The molecule has 1 aliphatic heterocycles. The van der Waals surface area contributed by atoms with Gasteiger partial charge in [-0.25, -0.2) is 9.37 Å². The minimum Gasteiger partial charge on any atom is -0.352 e. The molecule has 1 aromatic heterocycles. The predicted molar refractivity (Wildman–Crippen MR) is 115 cm³/mol. The summed E-state index contributed by atoms with van der Waals surface area (Å²) in [6.45, 7) is 2.03. The Balaban J connectivity index is 0.00000243. The molecule has 1 fully saturated rings. The fraction of sp³-hybridized carbons (Fsp3) is 0.333. The molecule has 2 aromatic rings. The van der Waals surface area contributed by atoms with E-state index in [9.17, 15) is 4.39 Å². The van der Waals surface area contributed by atoms with Crippen LogP contribution < -0.4 is 15.5 Å². The highest BCUT2D eigenvalue weighted by Crippen LogP contribution is 2.20. The van der Waals surface area contributed by atoms with Crippen LogP contribution in [0.15, 0.2) is 47.6 Å². The molecule has 3 rings (SSSR count). The van der Waals surface area contributed by atoms with Crippen molar-refractivity contribution in [3.8, 4) is 0 Å². The zero-order valence-electron chi connectivity index (χ0n) is 14.5. The minimum atomic E-state index is -0.288. The molecule has 1 atom stereocenters. The smallest absolute Gasteiger partial charge is 0.191 e. The average molecular weight is 490 g/mol. The van der Waals surface area contributed by atoms with Crippen molar-refractivity contribution in [3.63, 3.8) is 0 Å². The van der Waals surface area contributed by atoms with Crippen molar-refractivity contribution in [2.45, 2.75) is 19.0 Å². The van der Waals surface area contributed by atoms with E-state index >= 15 is 0 Å². The lowest BCUT2D eigenvalue weighted by Gasteiger charge is -2.20. The van der Waals surface area contributed by atoms with Crippen molar-refractivity contribution in [3.05, 3.63) is 59.0 Å². The third kappa shape index (κ3) is 5.20. The number of rotatable bonds is 4. The van der Waals surface area contributed by atoms with E-state index in [0.717, 1.165) is 23.6 Å². The first-order valence-corrected chi connectivity index (χ1v) is 8.61. The van der Waals surface area contributed by atoms with Gasteiger partial charge in [0, 0.05) is 43.9 Å². The van der Waals surface area contributed by atoms with E-state index in [1.807, 2.05) is 29.2 Å². The van der Waals surface area contributed by atoms with E-state index in [2.05, 4.69) is 20.6 Å². The second-order valence-corrected chi connectivity index (χ2v) is 6.31. The fourth-order valence-electron chi connectivity index (χ4n) is 2.89. The van der Waals surface area contributed by atoms with E-state index in [1.165, 1.54) is 6.07 Å². The Bertz CT molecular complexity index is 758. The topological polar surface area (TPSA) is 52.6 Å². The van der Waals surface area contributed by atoms with Crippen molar-refractivity contribution >= 4 is 47.4 Å². The Morgan fingerprint density at radius 3 is 2.88 bits per heavy atom. The van der Waals surface area contributed by atoms with Crippen LogP contribution in [0.5, 0.6) is 0 Å². The molecule has 1 unspecified atom stereocenters. The number of hydrogen-bond acceptors (Lipinski definition) is 3. The third-order valence-electron chi connectivity index (χ3n) is 4.20. The molecule has 0 radical (unpaired) electrons. The number of guanidine groups is 1. The Labute approximate surface area is 175 Å². The van der Waals surface area contributed by atoms with Crippen LogP contribution in [0.1, 0.15) is 12.0 Å². The molecule has 0 aliphatic carbocycles. The summed E-state index contributed by atoms with van der Waals surface area (Å²) in [5.41, 5.74) is 1.01. The van der Waals surface area contributed by atoms with Gasteiger partial charge in [-0.2, -0.15) is 0 Å². The molecular weight excluding hydrogens is 468 g/mol. The van der Waals surface area contributed by atoms with Crippen molar-refractivity contribution in [2.75, 3.05) is 25.0 Å². The van der Waals surface area contributed by atoms with Crippen molar-refractivity contribution < 1.29 is 4.39 Å². The van der Waals surface area contributed by atoms with Crippen LogP contribution in [0.4, 0.5) is 10.2 Å². The second kappa shape index (κ2) is 9.91. The first kappa shape index (κ1) is 20.7. The van der Waals surface area contributed by atoms with Crippen molar-refractivity contribution in [1.29, 1.82) is 0 Å². The molecule has 26 heavy (non-hydrogen) atoms. The fourth-order valence-corrected chi connectivity index (χ4v) is 3.09. The maximum atomic E-state index is 13.9. The third-order valence-corrected chi connectivity index (χ3v) is 4.56. The highest BCUT2D eigenvalue weighted by atomic mass is 127. The maximum Gasteiger partial charge on any atom is 0.191 e. The summed E-state index contributed by atoms with van der Waals surface area (Å²) in [4.78, 5) is 10.3. The number of aliphatic imine (C=N–C) groups is 1. The Hall–Kier alpha value is -1.61. The summed E-state index contributed by atoms with van der Waals surface area (Å²) >= 11 is 6.17. The Kier molecular flexibility index (Phi) is 7.89. The van der Waals surface area contributed by atoms with E-state index in [1.54, 1.807) is 19.3 Å². The van der Waals surface area contributed by atoms with Gasteiger partial charge >= 0.3 is 0 Å². The van der Waals surface area contributed by atoms with Gasteiger partial charge in [0.25, 0.3) is 0 Å². The van der Waals surface area contributed by atoms with E-state index in [-0.39, 0.29) is 35.8 Å². The van der Waals surface area contributed by atoms with E-state index in [0.29, 0.717) is 24.9 Å². The number of anilines is 1. The molecule has 2 N–H and O–H groups in total. The Morgan fingerprint density at radius 2 is 2.15 bits per heavy atom. The number of nitrogens with one attached hydrogen (secondary N) is 2. The maximum absolute atomic E-state index is 13.9. The van der Waals surface area contributed by atoms with Gasteiger partial charge < -0.3 is 15.5 Å². The zero-order valence-corrected chi connectivity index (χ0v) is 17.5. The highest BCUT2D eigenvalue weighted by molar-refractivity contribution is 14.0. The monoisotopic (exact) mass is 489 g/mol. The van der Waals surface area contributed by atoms with Crippen molar-refractivity contribution in [2.24, 2.45) is 4.99 Å². The molecule has 1 saturated heterocycles. The summed E-state index contributed by atoms with van der Waals surface area (Å²) in [5, 5.41) is 7.37. The van der Waals surface area contributed by atoms with Gasteiger partial charge in [0.2, 0.25) is 0 Å². The largest absolute Gasteiger partial charge is 0.352 e. The number of halogens is 3. The summed E-state index contributed by atoms with van der Waals surface area (Å²) < 4.78 is 13.9. The first-order valence-electron chi connectivity index (χ1n) is 8.23. The predicted octanol–water partition coefficient (Wildman–Crippen LogP) is 3.44. The molecule has 5 nitrogen and oxygen atoms in total. The lowest BCUT2D eigenvalue weighted by molar-refractivity contribution is 0.612. The summed E-state index contributed by atoms with van der Waals surface area (Å²) in [6, 6.07) is 10.9. The number of benzene rings is 1. The quantitative estimate of drug-likeness (QED) is 0.393. The number of hydrogen-bond donors (Lipinski definition) is 2. The molecular formula is C18H22ClFIN5. The van der Waals surface area contributed by atoms with Crippen LogP contribution in [0.3, 0.4) is 0 Å². The van der Waals surface area contributed by atoms with Crippen LogP contribution >= 0.6 is 35.6 Å². The molecule has 0 saturated carbocycles. The first-order chi connectivity index (χ1) is 12.2. The number of nitrogens with zero attached hydrogens (tertiary/aromatic N) is 3. The summed E-state index contributed by atoms with van der Waals surface area (Å²) in [6.07, 6.45) is 2.51. The number of pyridine rings is 1. The average Bonchev–Trinajstić information content (AvgIpc) is 3.08. The molecule has 0 amide bonds. The second-order valence-electron chi connectivity index (χ2n) is 5.90. The van der Waals surface area contributed by atoms with Gasteiger partial charge in [-0.05, 0) is 30.2 Å². The SMILES string of the molecule is CN=C(NCc1ccccc1Cl)NC1CCN(c2ncccc2F)C1.I.